The van der Waals surface area contributed by atoms with Crippen molar-refractivity contribution in [3.05, 3.63) is 24.3 Å². The predicted molar refractivity (Wildman–Crippen MR) is 98.5 cm³/mol. The zero-order chi connectivity index (χ0) is 19.0. The molecule has 0 bridgehead atoms. The van der Waals surface area contributed by atoms with Crippen LogP contribution >= 0.6 is 0 Å². The minimum atomic E-state index is -3.80. The number of rotatable bonds is 9. The van der Waals surface area contributed by atoms with Crippen molar-refractivity contribution in [2.24, 2.45) is 0 Å². The van der Waals surface area contributed by atoms with E-state index in [0.29, 0.717) is 12.4 Å². The minimum Gasteiger partial charge on any atom is -0.494 e. The molecule has 146 valence electrons. The van der Waals surface area contributed by atoms with Gasteiger partial charge in [0, 0.05) is 12.6 Å². The molecule has 2 N–H and O–H groups in total. The Balaban J connectivity index is 2.24. The number of nitrogens with one attached hydrogen (secondary N) is 1. The van der Waals surface area contributed by atoms with Gasteiger partial charge >= 0.3 is 0 Å². The molecule has 0 atom stereocenters. The van der Waals surface area contributed by atoms with E-state index in [-0.39, 0.29) is 30.6 Å². The van der Waals surface area contributed by atoms with Gasteiger partial charge in [-0.3, -0.25) is 4.79 Å². The van der Waals surface area contributed by atoms with Gasteiger partial charge in [-0.2, -0.15) is 4.31 Å². The molecule has 1 saturated carbocycles. The number of amides is 1. The Morgan fingerprint density at radius 3 is 2.46 bits per heavy atom. The first-order chi connectivity index (χ1) is 12.5. The van der Waals surface area contributed by atoms with Crippen molar-refractivity contribution < 1.29 is 23.1 Å². The highest BCUT2D eigenvalue weighted by Gasteiger charge is 2.33. The fourth-order valence-electron chi connectivity index (χ4n) is 3.18. The van der Waals surface area contributed by atoms with Crippen LogP contribution in [-0.4, -0.2) is 56.1 Å². The molecule has 1 aromatic carbocycles. The molecule has 26 heavy (non-hydrogen) atoms. The van der Waals surface area contributed by atoms with Crippen molar-refractivity contribution in [2.45, 2.75) is 50.0 Å². The molecule has 7 nitrogen and oxygen atoms in total. The van der Waals surface area contributed by atoms with Gasteiger partial charge in [0.2, 0.25) is 15.9 Å². The normalized spacial score (nSPS) is 15.8. The van der Waals surface area contributed by atoms with Crippen LogP contribution in [0.5, 0.6) is 5.75 Å². The average Bonchev–Trinajstić information content (AvgIpc) is 2.65. The van der Waals surface area contributed by atoms with E-state index >= 15 is 0 Å². The number of ether oxygens (including phenoxy) is 1. The van der Waals surface area contributed by atoms with Crippen LogP contribution < -0.4 is 10.1 Å². The number of hydrogen-bond acceptors (Lipinski definition) is 5. The molecule has 2 rings (SSSR count). The van der Waals surface area contributed by atoms with Gasteiger partial charge in [0.05, 0.1) is 24.7 Å². The van der Waals surface area contributed by atoms with Gasteiger partial charge in [0.15, 0.2) is 0 Å². The highest BCUT2D eigenvalue weighted by molar-refractivity contribution is 7.89. The van der Waals surface area contributed by atoms with E-state index in [1.54, 1.807) is 12.1 Å². The molecule has 8 heteroatoms. The third kappa shape index (κ3) is 5.43. The molecule has 0 unspecified atom stereocenters. The van der Waals surface area contributed by atoms with Gasteiger partial charge in [-0.25, -0.2) is 8.42 Å². The van der Waals surface area contributed by atoms with E-state index in [2.05, 4.69) is 5.32 Å². The van der Waals surface area contributed by atoms with E-state index in [1.807, 2.05) is 6.92 Å². The number of sulfonamides is 1. The second-order valence-electron chi connectivity index (χ2n) is 6.32. The zero-order valence-electron chi connectivity index (χ0n) is 15.2. The van der Waals surface area contributed by atoms with E-state index in [4.69, 9.17) is 9.84 Å². The predicted octanol–water partition coefficient (Wildman–Crippen LogP) is 1.52. The maximum atomic E-state index is 13.2. The number of carbonyl (C=O) groups is 1. The Bertz CT molecular complexity index is 669. The van der Waals surface area contributed by atoms with Gasteiger partial charge in [-0.15, -0.1) is 0 Å². The first-order valence-corrected chi connectivity index (χ1v) is 10.5. The lowest BCUT2D eigenvalue weighted by molar-refractivity contribution is -0.121. The summed E-state index contributed by atoms with van der Waals surface area (Å²) in [7, 11) is -3.80. The number of benzene rings is 1. The van der Waals surface area contributed by atoms with Crippen LogP contribution in [0.25, 0.3) is 0 Å². The fraction of sp³-hybridized carbons (Fsp3) is 0.611. The monoisotopic (exact) mass is 384 g/mol. The summed E-state index contributed by atoms with van der Waals surface area (Å²) in [6.45, 7) is 2.06. The summed E-state index contributed by atoms with van der Waals surface area (Å²) in [6, 6.07) is 6.10. The Hall–Kier alpha value is -1.64. The molecule has 0 saturated heterocycles. The number of aliphatic hydroxyl groups excluding tert-OH is 1. The van der Waals surface area contributed by atoms with Gasteiger partial charge in [-0.05, 0) is 44.0 Å². The zero-order valence-corrected chi connectivity index (χ0v) is 16.0. The molecule has 1 aromatic rings. The number of aliphatic hydroxyl groups is 1. The smallest absolute Gasteiger partial charge is 0.243 e. The molecule has 0 spiro atoms. The Morgan fingerprint density at radius 1 is 1.23 bits per heavy atom. The topological polar surface area (TPSA) is 95.9 Å². The standard InChI is InChI=1S/C18H28N2O5S/c1-2-25-16-8-10-17(11-9-16)26(23,24)20(14-18(22)19-12-13-21)15-6-4-3-5-7-15/h8-11,15,21H,2-7,12-14H2,1H3,(H,19,22). The Morgan fingerprint density at radius 2 is 1.88 bits per heavy atom. The molecule has 1 amide bonds. The lowest BCUT2D eigenvalue weighted by atomic mass is 9.95. The molecular weight excluding hydrogens is 356 g/mol. The molecule has 0 aromatic heterocycles. The van der Waals surface area contributed by atoms with Crippen LogP contribution in [0.2, 0.25) is 0 Å². The average molecular weight is 384 g/mol. The van der Waals surface area contributed by atoms with Crippen LogP contribution in [0, 0.1) is 0 Å². The van der Waals surface area contributed by atoms with Crippen molar-refractivity contribution in [3.63, 3.8) is 0 Å². The maximum absolute atomic E-state index is 13.2. The van der Waals surface area contributed by atoms with Crippen molar-refractivity contribution >= 4 is 15.9 Å². The Labute approximate surface area is 155 Å². The summed E-state index contributed by atoms with van der Waals surface area (Å²) in [5.41, 5.74) is 0. The molecule has 1 fully saturated rings. The molecule has 0 heterocycles. The first-order valence-electron chi connectivity index (χ1n) is 9.11. The van der Waals surface area contributed by atoms with Gasteiger partial charge in [0.1, 0.15) is 5.75 Å². The molecule has 0 radical (unpaired) electrons. The van der Waals surface area contributed by atoms with Crippen molar-refractivity contribution in [1.29, 1.82) is 0 Å². The van der Waals surface area contributed by atoms with Gasteiger partial charge < -0.3 is 15.2 Å². The van der Waals surface area contributed by atoms with Gasteiger partial charge in [-0.1, -0.05) is 19.3 Å². The van der Waals surface area contributed by atoms with E-state index in [9.17, 15) is 13.2 Å². The van der Waals surface area contributed by atoms with Crippen LogP contribution in [0.3, 0.4) is 0 Å². The third-order valence-corrected chi connectivity index (χ3v) is 6.37. The van der Waals surface area contributed by atoms with Crippen LogP contribution in [-0.2, 0) is 14.8 Å². The van der Waals surface area contributed by atoms with Crippen molar-refractivity contribution in [3.8, 4) is 5.75 Å². The second kappa shape index (κ2) is 9.89. The van der Waals surface area contributed by atoms with Crippen LogP contribution in [0.4, 0.5) is 0 Å². The SMILES string of the molecule is CCOc1ccc(S(=O)(=O)N(CC(=O)NCCO)C2CCCCC2)cc1. The van der Waals surface area contributed by atoms with Gasteiger partial charge in [0.25, 0.3) is 0 Å². The van der Waals surface area contributed by atoms with Crippen LogP contribution in [0.1, 0.15) is 39.0 Å². The summed E-state index contributed by atoms with van der Waals surface area (Å²) < 4.78 is 33.0. The van der Waals surface area contributed by atoms with E-state index in [1.165, 1.54) is 16.4 Å². The minimum absolute atomic E-state index is 0.112. The quantitative estimate of drug-likeness (QED) is 0.673. The highest BCUT2D eigenvalue weighted by Crippen LogP contribution is 2.28. The molecular formula is C18H28N2O5S. The summed E-state index contributed by atoms with van der Waals surface area (Å²) >= 11 is 0. The van der Waals surface area contributed by atoms with Crippen molar-refractivity contribution in [1.82, 2.24) is 9.62 Å². The number of hydrogen-bond donors (Lipinski definition) is 2. The molecule has 1 aliphatic carbocycles. The summed E-state index contributed by atoms with van der Waals surface area (Å²) in [4.78, 5) is 12.3. The second-order valence-corrected chi connectivity index (χ2v) is 8.21. The molecule has 1 aliphatic rings. The number of carbonyl (C=O) groups excluding carboxylic acids is 1. The summed E-state index contributed by atoms with van der Waals surface area (Å²) in [5, 5.41) is 11.4. The first kappa shape index (κ1) is 20.7. The molecule has 0 aliphatic heterocycles. The van der Waals surface area contributed by atoms with E-state index in [0.717, 1.165) is 32.1 Å². The number of nitrogens with zero attached hydrogens (tertiary/aromatic N) is 1. The highest BCUT2D eigenvalue weighted by atomic mass is 32.2. The van der Waals surface area contributed by atoms with Crippen molar-refractivity contribution in [2.75, 3.05) is 26.3 Å². The summed E-state index contributed by atoms with van der Waals surface area (Å²) in [5.74, 6) is 0.204. The third-order valence-electron chi connectivity index (χ3n) is 4.46. The maximum Gasteiger partial charge on any atom is 0.243 e. The largest absolute Gasteiger partial charge is 0.494 e. The fourth-order valence-corrected chi connectivity index (χ4v) is 4.82. The van der Waals surface area contributed by atoms with E-state index < -0.39 is 15.9 Å². The Kier molecular flexibility index (Phi) is 7.86. The lowest BCUT2D eigenvalue weighted by Crippen LogP contribution is -2.47. The van der Waals surface area contributed by atoms with Crippen LogP contribution in [0.15, 0.2) is 29.2 Å². The lowest BCUT2D eigenvalue weighted by Gasteiger charge is -2.33. The summed E-state index contributed by atoms with van der Waals surface area (Å²) in [6.07, 6.45) is 4.51.